The van der Waals surface area contributed by atoms with Crippen LogP contribution in [0.25, 0.3) is 0 Å². The fourth-order valence-electron chi connectivity index (χ4n) is 4.54. The summed E-state index contributed by atoms with van der Waals surface area (Å²) >= 11 is 1.56. The molecular weight excluding hydrogens is 453 g/mol. The van der Waals surface area contributed by atoms with Crippen LogP contribution in [0.3, 0.4) is 0 Å². The molecule has 7 nitrogen and oxygen atoms in total. The molecule has 34 heavy (non-hydrogen) atoms. The molecule has 2 aromatic rings. The molecular formula is C25H30FN5O2S. The van der Waals surface area contributed by atoms with Crippen LogP contribution in [0.1, 0.15) is 41.7 Å². The highest BCUT2D eigenvalue weighted by atomic mass is 32.1. The Morgan fingerprint density at radius 2 is 1.79 bits per heavy atom. The lowest BCUT2D eigenvalue weighted by atomic mass is 10.1. The summed E-state index contributed by atoms with van der Waals surface area (Å²) in [5.74, 6) is -0.612. The number of nitrogens with one attached hydrogen (secondary N) is 2. The number of benzene rings is 1. The Kier molecular flexibility index (Phi) is 8.27. The maximum Gasteiger partial charge on any atom is 0.238 e. The van der Waals surface area contributed by atoms with E-state index in [-0.39, 0.29) is 24.2 Å². The maximum absolute atomic E-state index is 13.3. The zero-order chi connectivity index (χ0) is 23.9. The molecule has 0 atom stereocenters. The first-order valence-corrected chi connectivity index (χ1v) is 12.7. The average Bonchev–Trinajstić information content (AvgIpc) is 2.97. The quantitative estimate of drug-likeness (QED) is 0.588. The van der Waals surface area contributed by atoms with Gasteiger partial charge in [0.1, 0.15) is 16.9 Å². The molecule has 0 spiro atoms. The van der Waals surface area contributed by atoms with Gasteiger partial charge in [-0.15, -0.1) is 11.3 Å². The topological polar surface area (TPSA) is 88.5 Å². The van der Waals surface area contributed by atoms with Crippen LogP contribution in [0.4, 0.5) is 15.1 Å². The number of fused-ring (bicyclic) bond motifs is 1. The van der Waals surface area contributed by atoms with Gasteiger partial charge in [0, 0.05) is 49.7 Å². The molecule has 1 aromatic carbocycles. The Balaban J connectivity index is 1.19. The molecule has 1 aliphatic heterocycles. The first-order chi connectivity index (χ1) is 16.5. The van der Waals surface area contributed by atoms with E-state index in [0.717, 1.165) is 57.4 Å². The number of hydrogen-bond donors (Lipinski definition) is 2. The molecule has 9 heteroatoms. The van der Waals surface area contributed by atoms with Gasteiger partial charge >= 0.3 is 0 Å². The summed E-state index contributed by atoms with van der Waals surface area (Å²) < 4.78 is 13.3. The molecule has 1 aromatic heterocycles. The molecule has 2 aliphatic rings. The van der Waals surface area contributed by atoms with Crippen molar-refractivity contribution in [2.75, 3.05) is 49.9 Å². The number of aryl methyl sites for hydroxylation is 1. The van der Waals surface area contributed by atoms with E-state index in [9.17, 15) is 19.2 Å². The van der Waals surface area contributed by atoms with Crippen molar-refractivity contribution in [2.45, 2.75) is 38.5 Å². The standard InChI is InChI=1S/C25H30FN5O2S/c26-18-5-4-6-19(15-18)28-24(33)17-31-13-11-30(12-14-31)10-9-23(32)29-25-21(16-27)20-7-2-1-3-8-22(20)34-25/h4-6,15H,1-3,7-14,17H2,(H,28,33)(H,29,32). The lowest BCUT2D eigenvalue weighted by Gasteiger charge is -2.34. The summed E-state index contributed by atoms with van der Waals surface area (Å²) in [6.45, 7) is 3.91. The van der Waals surface area contributed by atoms with E-state index in [0.29, 0.717) is 29.2 Å². The number of amides is 2. The van der Waals surface area contributed by atoms with Gasteiger partial charge in [-0.3, -0.25) is 14.5 Å². The molecule has 2 heterocycles. The van der Waals surface area contributed by atoms with E-state index in [2.05, 4.69) is 26.5 Å². The number of piperazine rings is 1. The van der Waals surface area contributed by atoms with Crippen molar-refractivity contribution < 1.29 is 14.0 Å². The molecule has 180 valence electrons. The van der Waals surface area contributed by atoms with Crippen LogP contribution >= 0.6 is 11.3 Å². The minimum atomic E-state index is -0.381. The van der Waals surface area contributed by atoms with Gasteiger partial charge in [0.2, 0.25) is 11.8 Å². The number of thiophene rings is 1. The molecule has 1 aliphatic carbocycles. The second-order valence-corrected chi connectivity index (χ2v) is 9.96. The molecule has 1 fully saturated rings. The van der Waals surface area contributed by atoms with Crippen LogP contribution < -0.4 is 10.6 Å². The predicted octanol–water partition coefficient (Wildman–Crippen LogP) is 3.61. The van der Waals surface area contributed by atoms with Crippen LogP contribution in [0.2, 0.25) is 0 Å². The maximum atomic E-state index is 13.3. The number of halogens is 1. The smallest absolute Gasteiger partial charge is 0.238 e. The van der Waals surface area contributed by atoms with E-state index >= 15 is 0 Å². The molecule has 1 saturated heterocycles. The second-order valence-electron chi connectivity index (χ2n) is 8.85. The van der Waals surface area contributed by atoms with Gasteiger partial charge in [-0.05, 0) is 49.4 Å². The van der Waals surface area contributed by atoms with Gasteiger partial charge < -0.3 is 15.5 Å². The van der Waals surface area contributed by atoms with Crippen molar-refractivity contribution in [1.82, 2.24) is 9.80 Å². The lowest BCUT2D eigenvalue weighted by Crippen LogP contribution is -2.49. The van der Waals surface area contributed by atoms with Gasteiger partial charge in [-0.25, -0.2) is 4.39 Å². The molecule has 0 unspecified atom stereocenters. The number of carbonyl (C=O) groups excluding carboxylic acids is 2. The predicted molar refractivity (Wildman–Crippen MR) is 131 cm³/mol. The van der Waals surface area contributed by atoms with Gasteiger partial charge in [-0.2, -0.15) is 5.26 Å². The van der Waals surface area contributed by atoms with Crippen molar-refractivity contribution in [3.8, 4) is 6.07 Å². The van der Waals surface area contributed by atoms with Gasteiger partial charge in [0.15, 0.2) is 0 Å². The summed E-state index contributed by atoms with van der Waals surface area (Å²) in [7, 11) is 0. The molecule has 2 N–H and O–H groups in total. The van der Waals surface area contributed by atoms with E-state index in [1.165, 1.54) is 23.4 Å². The van der Waals surface area contributed by atoms with E-state index in [4.69, 9.17) is 0 Å². The molecule has 4 rings (SSSR count). The Bertz CT molecular complexity index is 1070. The normalized spacial score (nSPS) is 16.8. The van der Waals surface area contributed by atoms with Crippen molar-refractivity contribution in [2.24, 2.45) is 0 Å². The van der Waals surface area contributed by atoms with Crippen LogP contribution in [0.5, 0.6) is 0 Å². The number of carbonyl (C=O) groups is 2. The number of hydrogen-bond acceptors (Lipinski definition) is 6. The zero-order valence-corrected chi connectivity index (χ0v) is 20.1. The third kappa shape index (κ3) is 6.41. The number of anilines is 2. The second kappa shape index (κ2) is 11.6. The van der Waals surface area contributed by atoms with E-state index < -0.39 is 0 Å². The first-order valence-electron chi connectivity index (χ1n) is 11.9. The third-order valence-electron chi connectivity index (χ3n) is 6.38. The third-order valence-corrected chi connectivity index (χ3v) is 7.59. The van der Waals surface area contributed by atoms with Crippen LogP contribution in [0.15, 0.2) is 24.3 Å². The number of nitrogens with zero attached hydrogens (tertiary/aromatic N) is 3. The summed E-state index contributed by atoms with van der Waals surface area (Å²) in [5.41, 5.74) is 2.24. The van der Waals surface area contributed by atoms with Gasteiger partial charge in [0.05, 0.1) is 12.1 Å². The van der Waals surface area contributed by atoms with Gasteiger partial charge in [-0.1, -0.05) is 12.5 Å². The zero-order valence-electron chi connectivity index (χ0n) is 19.2. The van der Waals surface area contributed by atoms with Crippen LogP contribution in [-0.2, 0) is 22.4 Å². The summed E-state index contributed by atoms with van der Waals surface area (Å²) in [6, 6.07) is 8.18. The van der Waals surface area contributed by atoms with E-state index in [1.807, 2.05) is 0 Å². The monoisotopic (exact) mass is 483 g/mol. The fourth-order valence-corrected chi connectivity index (χ4v) is 5.79. The molecule has 0 bridgehead atoms. The molecule has 0 saturated carbocycles. The lowest BCUT2D eigenvalue weighted by molar-refractivity contribution is -0.117. The van der Waals surface area contributed by atoms with Crippen LogP contribution in [-0.4, -0.2) is 60.9 Å². The Morgan fingerprint density at radius 3 is 2.56 bits per heavy atom. The van der Waals surface area contributed by atoms with Crippen molar-refractivity contribution in [3.05, 3.63) is 46.1 Å². The molecule has 0 radical (unpaired) electrons. The Labute approximate surface area is 203 Å². The number of nitriles is 1. The average molecular weight is 484 g/mol. The van der Waals surface area contributed by atoms with Crippen LogP contribution in [0, 0.1) is 17.1 Å². The highest BCUT2D eigenvalue weighted by Crippen LogP contribution is 2.37. The minimum absolute atomic E-state index is 0.0650. The first kappa shape index (κ1) is 24.3. The van der Waals surface area contributed by atoms with E-state index in [1.54, 1.807) is 23.5 Å². The summed E-state index contributed by atoms with van der Waals surface area (Å²) in [4.78, 5) is 30.4. The van der Waals surface area contributed by atoms with Crippen molar-refractivity contribution in [3.63, 3.8) is 0 Å². The summed E-state index contributed by atoms with van der Waals surface area (Å²) in [5, 5.41) is 16.0. The van der Waals surface area contributed by atoms with Crippen molar-refractivity contribution >= 4 is 33.8 Å². The van der Waals surface area contributed by atoms with Crippen molar-refractivity contribution in [1.29, 1.82) is 5.26 Å². The minimum Gasteiger partial charge on any atom is -0.325 e. The Hall–Kier alpha value is -2.80. The molecule has 2 amide bonds. The summed E-state index contributed by atoms with van der Waals surface area (Å²) in [6.07, 6.45) is 5.73. The highest BCUT2D eigenvalue weighted by Gasteiger charge is 2.22. The number of rotatable bonds is 7. The highest BCUT2D eigenvalue weighted by molar-refractivity contribution is 7.16. The Morgan fingerprint density at radius 1 is 1.03 bits per heavy atom. The van der Waals surface area contributed by atoms with Gasteiger partial charge in [0.25, 0.3) is 0 Å². The fraction of sp³-hybridized carbons (Fsp3) is 0.480. The SMILES string of the molecule is N#Cc1c(NC(=O)CCN2CCN(CC(=O)Nc3cccc(F)c3)CC2)sc2c1CCCCC2. The largest absolute Gasteiger partial charge is 0.325 e.